The number of benzene rings is 1. The number of pyridine rings is 1. The highest BCUT2D eigenvalue weighted by Gasteiger charge is 2.31. The van der Waals surface area contributed by atoms with E-state index in [1.807, 2.05) is 18.2 Å². The summed E-state index contributed by atoms with van der Waals surface area (Å²) in [6.45, 7) is 2.08. The third kappa shape index (κ3) is 4.20. The molecule has 112 valence electrons. The molecule has 0 aliphatic carbocycles. The van der Waals surface area contributed by atoms with Crippen LogP contribution in [0.5, 0.6) is 5.88 Å². The Kier molecular flexibility index (Phi) is 4.88. The van der Waals surface area contributed by atoms with Crippen molar-refractivity contribution in [3.05, 3.63) is 47.7 Å². The van der Waals surface area contributed by atoms with Crippen molar-refractivity contribution in [3.63, 3.8) is 0 Å². The van der Waals surface area contributed by atoms with E-state index in [9.17, 15) is 13.2 Å². The molecule has 1 aromatic carbocycles. The molecule has 0 saturated heterocycles. The maximum absolute atomic E-state index is 12.1. The molecule has 1 aromatic heterocycles. The predicted octanol–water partition coefficient (Wildman–Crippen LogP) is 5.10. The van der Waals surface area contributed by atoms with Crippen LogP contribution in [0.15, 0.2) is 36.5 Å². The Labute approximate surface area is 129 Å². The van der Waals surface area contributed by atoms with Gasteiger partial charge in [-0.25, -0.2) is 4.98 Å². The fourth-order valence-electron chi connectivity index (χ4n) is 2.00. The first kappa shape index (κ1) is 15.8. The summed E-state index contributed by atoms with van der Waals surface area (Å²) in [5.41, 5.74) is 4.05. The van der Waals surface area contributed by atoms with E-state index in [2.05, 4.69) is 32.6 Å². The number of aromatic nitrogens is 1. The third-order valence-corrected chi connectivity index (χ3v) is 3.63. The van der Waals surface area contributed by atoms with Crippen LogP contribution in [0.25, 0.3) is 11.1 Å². The highest BCUT2D eigenvalue weighted by molar-refractivity contribution is 9.08. The standard InChI is InChI=1S/C15H13BrF3NO/c1-2-10-3-4-11(7-13(10)8-16)12-5-6-14(20-9-12)21-15(17,18)19/h3-7,9H,2,8H2,1H3. The number of alkyl halides is 4. The Balaban J connectivity index is 2.26. The first-order chi connectivity index (χ1) is 9.93. The van der Waals surface area contributed by atoms with Gasteiger partial charge in [-0.15, -0.1) is 13.2 Å². The second kappa shape index (κ2) is 6.47. The van der Waals surface area contributed by atoms with Gasteiger partial charge in [0.1, 0.15) is 0 Å². The van der Waals surface area contributed by atoms with Crippen molar-refractivity contribution in [2.45, 2.75) is 25.0 Å². The van der Waals surface area contributed by atoms with Crippen LogP contribution >= 0.6 is 15.9 Å². The number of hydrogen-bond acceptors (Lipinski definition) is 2. The lowest BCUT2D eigenvalue weighted by atomic mass is 10.00. The van der Waals surface area contributed by atoms with E-state index >= 15 is 0 Å². The number of halogens is 4. The van der Waals surface area contributed by atoms with Crippen molar-refractivity contribution in [1.82, 2.24) is 4.98 Å². The number of aryl methyl sites for hydroxylation is 1. The minimum absolute atomic E-state index is 0.461. The topological polar surface area (TPSA) is 22.1 Å². The average Bonchev–Trinajstić information content (AvgIpc) is 2.45. The van der Waals surface area contributed by atoms with E-state index in [4.69, 9.17) is 0 Å². The van der Waals surface area contributed by atoms with Gasteiger partial charge < -0.3 is 4.74 Å². The Hall–Kier alpha value is -1.56. The number of nitrogens with zero attached hydrogens (tertiary/aromatic N) is 1. The molecular formula is C15H13BrF3NO. The molecule has 0 N–H and O–H groups in total. The first-order valence-corrected chi connectivity index (χ1v) is 7.45. The third-order valence-electron chi connectivity index (χ3n) is 3.02. The number of rotatable bonds is 4. The van der Waals surface area contributed by atoms with Crippen LogP contribution in [0, 0.1) is 0 Å². The molecule has 0 aliphatic rings. The molecule has 21 heavy (non-hydrogen) atoms. The highest BCUT2D eigenvalue weighted by atomic mass is 79.9. The van der Waals surface area contributed by atoms with Gasteiger partial charge in [0, 0.05) is 23.2 Å². The maximum atomic E-state index is 12.1. The lowest BCUT2D eigenvalue weighted by Gasteiger charge is -2.10. The minimum Gasteiger partial charge on any atom is -0.388 e. The van der Waals surface area contributed by atoms with E-state index < -0.39 is 12.2 Å². The first-order valence-electron chi connectivity index (χ1n) is 6.33. The Bertz CT molecular complexity index is 611. The summed E-state index contributed by atoms with van der Waals surface area (Å²) in [6, 6.07) is 8.74. The lowest BCUT2D eigenvalue weighted by Crippen LogP contribution is -2.17. The zero-order valence-electron chi connectivity index (χ0n) is 11.2. The summed E-state index contributed by atoms with van der Waals surface area (Å²) in [4.78, 5) is 3.68. The molecule has 0 atom stereocenters. The normalized spacial score (nSPS) is 11.5. The van der Waals surface area contributed by atoms with Gasteiger partial charge in [0.25, 0.3) is 0 Å². The van der Waals surface area contributed by atoms with Crippen LogP contribution in [0.3, 0.4) is 0 Å². The van der Waals surface area contributed by atoms with Crippen molar-refractivity contribution < 1.29 is 17.9 Å². The van der Waals surface area contributed by atoms with Crippen LogP contribution in [0.1, 0.15) is 18.1 Å². The zero-order valence-corrected chi connectivity index (χ0v) is 12.8. The summed E-state index contributed by atoms with van der Waals surface area (Å²) in [7, 11) is 0. The SMILES string of the molecule is CCc1ccc(-c2ccc(OC(F)(F)F)nc2)cc1CBr. The summed E-state index contributed by atoms with van der Waals surface area (Å²) in [5, 5.41) is 0.729. The summed E-state index contributed by atoms with van der Waals surface area (Å²) in [5.74, 6) is -0.461. The second-order valence-electron chi connectivity index (χ2n) is 4.40. The highest BCUT2D eigenvalue weighted by Crippen LogP contribution is 2.26. The molecule has 0 radical (unpaired) electrons. The Morgan fingerprint density at radius 3 is 2.33 bits per heavy atom. The van der Waals surface area contributed by atoms with Crippen molar-refractivity contribution in [1.29, 1.82) is 0 Å². The molecule has 0 fully saturated rings. The van der Waals surface area contributed by atoms with Crippen LogP contribution in [0.4, 0.5) is 13.2 Å². The van der Waals surface area contributed by atoms with E-state index in [0.29, 0.717) is 0 Å². The van der Waals surface area contributed by atoms with E-state index in [1.165, 1.54) is 17.8 Å². The Morgan fingerprint density at radius 2 is 1.81 bits per heavy atom. The van der Waals surface area contributed by atoms with Gasteiger partial charge in [-0.05, 0) is 35.2 Å². The van der Waals surface area contributed by atoms with Crippen molar-refractivity contribution >= 4 is 15.9 Å². The van der Waals surface area contributed by atoms with E-state index in [0.717, 1.165) is 28.4 Å². The number of hydrogen-bond donors (Lipinski definition) is 0. The van der Waals surface area contributed by atoms with Gasteiger partial charge in [0.15, 0.2) is 0 Å². The van der Waals surface area contributed by atoms with Crippen molar-refractivity contribution in [2.24, 2.45) is 0 Å². The molecule has 2 rings (SSSR count). The number of ether oxygens (including phenoxy) is 1. The average molecular weight is 360 g/mol. The minimum atomic E-state index is -4.72. The molecular weight excluding hydrogens is 347 g/mol. The lowest BCUT2D eigenvalue weighted by molar-refractivity contribution is -0.276. The molecule has 6 heteroatoms. The largest absolute Gasteiger partial charge is 0.574 e. The Morgan fingerprint density at radius 1 is 1.10 bits per heavy atom. The van der Waals surface area contributed by atoms with Gasteiger partial charge in [-0.3, -0.25) is 0 Å². The fourth-order valence-corrected chi connectivity index (χ4v) is 2.53. The van der Waals surface area contributed by atoms with Gasteiger partial charge in [0.2, 0.25) is 5.88 Å². The van der Waals surface area contributed by atoms with Crippen LogP contribution in [-0.2, 0) is 11.8 Å². The van der Waals surface area contributed by atoms with E-state index in [-0.39, 0.29) is 0 Å². The zero-order chi connectivity index (χ0) is 15.5. The summed E-state index contributed by atoms with van der Waals surface area (Å²) >= 11 is 3.44. The van der Waals surface area contributed by atoms with Crippen LogP contribution in [-0.4, -0.2) is 11.3 Å². The second-order valence-corrected chi connectivity index (χ2v) is 4.96. The quantitative estimate of drug-likeness (QED) is 0.708. The van der Waals surface area contributed by atoms with Crippen molar-refractivity contribution in [2.75, 3.05) is 0 Å². The molecule has 0 spiro atoms. The molecule has 0 aliphatic heterocycles. The van der Waals surface area contributed by atoms with E-state index in [1.54, 1.807) is 6.07 Å². The van der Waals surface area contributed by atoms with Gasteiger partial charge in [-0.2, -0.15) is 0 Å². The molecule has 1 heterocycles. The molecule has 2 nitrogen and oxygen atoms in total. The van der Waals surface area contributed by atoms with Gasteiger partial charge in [0.05, 0.1) is 0 Å². The summed E-state index contributed by atoms with van der Waals surface area (Å²) in [6.07, 6.45) is -2.42. The molecule has 0 saturated carbocycles. The van der Waals surface area contributed by atoms with Gasteiger partial charge in [-0.1, -0.05) is 35.0 Å². The molecule has 0 unspecified atom stereocenters. The predicted molar refractivity (Wildman–Crippen MR) is 78.4 cm³/mol. The van der Waals surface area contributed by atoms with Gasteiger partial charge >= 0.3 is 6.36 Å². The molecule has 0 amide bonds. The maximum Gasteiger partial charge on any atom is 0.574 e. The van der Waals surface area contributed by atoms with Crippen LogP contribution < -0.4 is 4.74 Å². The molecule has 0 bridgehead atoms. The smallest absolute Gasteiger partial charge is 0.388 e. The fraction of sp³-hybridized carbons (Fsp3) is 0.267. The molecule has 2 aromatic rings. The van der Waals surface area contributed by atoms with Crippen molar-refractivity contribution in [3.8, 4) is 17.0 Å². The summed E-state index contributed by atoms with van der Waals surface area (Å²) < 4.78 is 40.0. The monoisotopic (exact) mass is 359 g/mol. The van der Waals surface area contributed by atoms with Crippen LogP contribution in [0.2, 0.25) is 0 Å².